The van der Waals surface area contributed by atoms with Gasteiger partial charge in [0, 0.05) is 18.3 Å². The zero-order valence-corrected chi connectivity index (χ0v) is 14.7. The number of hydrogen-bond donors (Lipinski definition) is 1. The third-order valence-corrected chi connectivity index (χ3v) is 3.78. The van der Waals surface area contributed by atoms with E-state index in [-0.39, 0.29) is 18.4 Å². The lowest BCUT2D eigenvalue weighted by atomic mass is 10.2. The number of amides is 2. The molecule has 1 N–H and O–H groups in total. The van der Waals surface area contributed by atoms with Gasteiger partial charge < -0.3 is 10.2 Å². The summed E-state index contributed by atoms with van der Waals surface area (Å²) in [6, 6.07) is 17.2. The molecule has 2 amide bonds. The van der Waals surface area contributed by atoms with Crippen LogP contribution in [-0.2, 0) is 9.59 Å². The summed E-state index contributed by atoms with van der Waals surface area (Å²) in [5.41, 5.74) is 2.72. The second kappa shape index (κ2) is 9.42. The largest absolute Gasteiger partial charge is 0.330 e. The molecule has 0 atom stereocenters. The van der Waals surface area contributed by atoms with E-state index in [2.05, 4.69) is 5.32 Å². The van der Waals surface area contributed by atoms with Gasteiger partial charge in [-0.1, -0.05) is 55.5 Å². The van der Waals surface area contributed by atoms with Crippen molar-refractivity contribution in [1.82, 2.24) is 4.90 Å². The summed E-state index contributed by atoms with van der Waals surface area (Å²) in [5, 5.41) is 2.87. The van der Waals surface area contributed by atoms with Crippen LogP contribution in [0.2, 0.25) is 0 Å². The van der Waals surface area contributed by atoms with Crippen molar-refractivity contribution in [3.05, 3.63) is 71.8 Å². The van der Waals surface area contributed by atoms with Crippen LogP contribution in [0.3, 0.4) is 0 Å². The standard InChI is InChI=1S/C21H24N2O2/c1-3-15-23(21(25)14-13-18-10-5-4-6-11-18)16-20(24)22-19-12-8-7-9-17(19)2/h4-14H,3,15-16H2,1-2H3,(H,22,24)/b14-13+. The van der Waals surface area contributed by atoms with Crippen LogP contribution in [-0.4, -0.2) is 29.8 Å². The highest BCUT2D eigenvalue weighted by atomic mass is 16.2. The van der Waals surface area contributed by atoms with Crippen LogP contribution in [0.1, 0.15) is 24.5 Å². The summed E-state index contributed by atoms with van der Waals surface area (Å²) < 4.78 is 0. The molecule has 0 aliphatic carbocycles. The van der Waals surface area contributed by atoms with Crippen molar-refractivity contribution < 1.29 is 9.59 Å². The van der Waals surface area contributed by atoms with E-state index >= 15 is 0 Å². The second-order valence-corrected chi connectivity index (χ2v) is 5.87. The Balaban J connectivity index is 1.99. The molecule has 0 aliphatic heterocycles. The van der Waals surface area contributed by atoms with E-state index in [4.69, 9.17) is 0 Å². The first kappa shape index (κ1) is 18.5. The van der Waals surface area contributed by atoms with Crippen LogP contribution in [0, 0.1) is 6.92 Å². The number of aryl methyl sites for hydroxylation is 1. The predicted octanol–water partition coefficient (Wildman–Crippen LogP) is 3.89. The first-order valence-electron chi connectivity index (χ1n) is 8.47. The van der Waals surface area contributed by atoms with Gasteiger partial charge in [-0.3, -0.25) is 9.59 Å². The third-order valence-electron chi connectivity index (χ3n) is 3.78. The Hall–Kier alpha value is -2.88. The highest BCUT2D eigenvalue weighted by Gasteiger charge is 2.14. The van der Waals surface area contributed by atoms with Gasteiger partial charge in [0.1, 0.15) is 6.54 Å². The van der Waals surface area contributed by atoms with Gasteiger partial charge in [0.05, 0.1) is 0 Å². The fraction of sp³-hybridized carbons (Fsp3) is 0.238. The van der Waals surface area contributed by atoms with Crippen molar-refractivity contribution in [3.63, 3.8) is 0 Å². The summed E-state index contributed by atoms with van der Waals surface area (Å²) in [6.07, 6.45) is 4.08. The molecule has 0 aromatic heterocycles. The molecule has 0 aliphatic rings. The van der Waals surface area contributed by atoms with Gasteiger partial charge in [-0.05, 0) is 36.6 Å². The van der Waals surface area contributed by atoms with Crippen molar-refractivity contribution in [1.29, 1.82) is 0 Å². The topological polar surface area (TPSA) is 49.4 Å². The Morgan fingerprint density at radius 3 is 2.40 bits per heavy atom. The van der Waals surface area contributed by atoms with Gasteiger partial charge in [0.15, 0.2) is 0 Å². The van der Waals surface area contributed by atoms with Crippen molar-refractivity contribution >= 4 is 23.6 Å². The molecule has 25 heavy (non-hydrogen) atoms. The minimum Gasteiger partial charge on any atom is -0.330 e. The van der Waals surface area contributed by atoms with Gasteiger partial charge in [-0.2, -0.15) is 0 Å². The molecule has 2 aromatic carbocycles. The summed E-state index contributed by atoms with van der Waals surface area (Å²) >= 11 is 0. The molecule has 0 heterocycles. The maximum absolute atomic E-state index is 12.4. The Labute approximate surface area is 149 Å². The molecule has 0 saturated heterocycles. The van der Waals surface area contributed by atoms with Gasteiger partial charge in [-0.25, -0.2) is 0 Å². The molecule has 4 nitrogen and oxygen atoms in total. The van der Waals surface area contributed by atoms with Crippen LogP contribution < -0.4 is 5.32 Å². The molecule has 4 heteroatoms. The van der Waals surface area contributed by atoms with Gasteiger partial charge in [0.2, 0.25) is 11.8 Å². The number of carbonyl (C=O) groups excluding carboxylic acids is 2. The maximum Gasteiger partial charge on any atom is 0.247 e. The number of nitrogens with one attached hydrogen (secondary N) is 1. The van der Waals surface area contributed by atoms with Crippen LogP contribution in [0.15, 0.2) is 60.7 Å². The average molecular weight is 336 g/mol. The second-order valence-electron chi connectivity index (χ2n) is 5.87. The first-order valence-corrected chi connectivity index (χ1v) is 8.47. The lowest BCUT2D eigenvalue weighted by molar-refractivity contribution is -0.130. The Kier molecular flexibility index (Phi) is 6.96. The van der Waals surface area contributed by atoms with E-state index in [1.54, 1.807) is 11.0 Å². The monoisotopic (exact) mass is 336 g/mol. The van der Waals surface area contributed by atoms with E-state index in [0.717, 1.165) is 23.2 Å². The smallest absolute Gasteiger partial charge is 0.247 e. The Morgan fingerprint density at radius 2 is 1.72 bits per heavy atom. The molecule has 130 valence electrons. The van der Waals surface area contributed by atoms with Gasteiger partial charge in [-0.15, -0.1) is 0 Å². The molecule has 2 rings (SSSR count). The summed E-state index contributed by atoms with van der Waals surface area (Å²) in [4.78, 5) is 26.3. The number of benzene rings is 2. The minimum atomic E-state index is -0.191. The quantitative estimate of drug-likeness (QED) is 0.780. The molecule has 0 fully saturated rings. The average Bonchev–Trinajstić information content (AvgIpc) is 2.62. The molecule has 0 radical (unpaired) electrons. The van der Waals surface area contributed by atoms with E-state index in [1.165, 1.54) is 6.08 Å². The van der Waals surface area contributed by atoms with E-state index in [0.29, 0.717) is 6.54 Å². The maximum atomic E-state index is 12.4. The van der Waals surface area contributed by atoms with Crippen LogP contribution in [0.5, 0.6) is 0 Å². The van der Waals surface area contributed by atoms with Crippen molar-refractivity contribution in [2.24, 2.45) is 0 Å². The third kappa shape index (κ3) is 5.92. The van der Waals surface area contributed by atoms with Crippen LogP contribution in [0.25, 0.3) is 6.08 Å². The molecular weight excluding hydrogens is 312 g/mol. The number of para-hydroxylation sites is 1. The fourth-order valence-corrected chi connectivity index (χ4v) is 2.45. The zero-order chi connectivity index (χ0) is 18.1. The minimum absolute atomic E-state index is 0.0418. The molecule has 0 saturated carbocycles. The first-order chi connectivity index (χ1) is 12.1. The van der Waals surface area contributed by atoms with Crippen LogP contribution >= 0.6 is 0 Å². The number of hydrogen-bond acceptors (Lipinski definition) is 2. The Bertz CT molecular complexity index is 739. The van der Waals surface area contributed by atoms with Gasteiger partial charge in [0.25, 0.3) is 0 Å². The lowest BCUT2D eigenvalue weighted by Crippen LogP contribution is -2.37. The van der Waals surface area contributed by atoms with Gasteiger partial charge >= 0.3 is 0 Å². The number of carbonyl (C=O) groups is 2. The molecular formula is C21H24N2O2. The van der Waals surface area contributed by atoms with Crippen molar-refractivity contribution in [2.45, 2.75) is 20.3 Å². The SMILES string of the molecule is CCCN(CC(=O)Nc1ccccc1C)C(=O)/C=C/c1ccccc1. The van der Waals surface area contributed by atoms with Crippen LogP contribution in [0.4, 0.5) is 5.69 Å². The normalized spacial score (nSPS) is 10.6. The number of anilines is 1. The van der Waals surface area contributed by atoms with E-state index in [1.807, 2.05) is 68.4 Å². The van der Waals surface area contributed by atoms with Crippen molar-refractivity contribution in [3.8, 4) is 0 Å². The van der Waals surface area contributed by atoms with E-state index < -0.39 is 0 Å². The summed E-state index contributed by atoms with van der Waals surface area (Å²) in [5.74, 6) is -0.352. The highest BCUT2D eigenvalue weighted by Crippen LogP contribution is 2.13. The molecule has 0 spiro atoms. The highest BCUT2D eigenvalue weighted by molar-refractivity contribution is 5.98. The lowest BCUT2D eigenvalue weighted by Gasteiger charge is -2.20. The Morgan fingerprint density at radius 1 is 1.04 bits per heavy atom. The summed E-state index contributed by atoms with van der Waals surface area (Å²) in [6.45, 7) is 4.51. The molecule has 2 aromatic rings. The molecule has 0 unspecified atom stereocenters. The summed E-state index contributed by atoms with van der Waals surface area (Å²) in [7, 11) is 0. The zero-order valence-electron chi connectivity index (χ0n) is 14.7. The molecule has 0 bridgehead atoms. The predicted molar refractivity (Wildman–Crippen MR) is 102 cm³/mol. The number of rotatable bonds is 7. The van der Waals surface area contributed by atoms with Crippen molar-refractivity contribution in [2.75, 3.05) is 18.4 Å². The number of nitrogens with zero attached hydrogens (tertiary/aromatic N) is 1. The van der Waals surface area contributed by atoms with E-state index in [9.17, 15) is 9.59 Å². The fourth-order valence-electron chi connectivity index (χ4n) is 2.45.